The Morgan fingerprint density at radius 2 is 0.833 bits per heavy atom. The average molecular weight is 665 g/mol. The van der Waals surface area contributed by atoms with E-state index in [1.165, 1.54) is 56.7 Å². The van der Waals surface area contributed by atoms with Crippen molar-refractivity contribution in [3.63, 3.8) is 0 Å². The molecule has 5 aromatic rings. The molecular weight excluding hydrogens is 645 g/mol. The van der Waals surface area contributed by atoms with Crippen LogP contribution in [0.3, 0.4) is 0 Å². The summed E-state index contributed by atoms with van der Waals surface area (Å²) < 4.78 is 35.2. The van der Waals surface area contributed by atoms with Gasteiger partial charge in [-0.05, 0) is 6.92 Å². The molecule has 5 aromatic heterocycles. The van der Waals surface area contributed by atoms with Crippen LogP contribution in [-0.4, -0.2) is 60.1 Å². The Hall–Kier alpha value is -3.50. The van der Waals surface area contributed by atoms with E-state index < -0.39 is 0 Å². The Labute approximate surface area is 257 Å². The normalized spacial score (nSPS) is 15.3. The summed E-state index contributed by atoms with van der Waals surface area (Å²) in [7, 11) is 0. The number of hydrogen-bond acceptors (Lipinski definition) is 15. The van der Waals surface area contributed by atoms with E-state index in [1.54, 1.807) is 0 Å². The summed E-state index contributed by atoms with van der Waals surface area (Å²) in [6.07, 6.45) is 0. The van der Waals surface area contributed by atoms with Crippen molar-refractivity contribution in [3.05, 3.63) is 10.3 Å². The molecule has 8 heterocycles. The molecule has 0 unspecified atom stereocenters. The first-order chi connectivity index (χ1) is 20.4. The van der Waals surface area contributed by atoms with Gasteiger partial charge in [-0.3, -0.25) is 0 Å². The zero-order valence-electron chi connectivity index (χ0n) is 21.6. The molecule has 3 aliphatic heterocycles. The van der Waals surface area contributed by atoms with Crippen molar-refractivity contribution in [2.45, 2.75) is 6.92 Å². The van der Waals surface area contributed by atoms with Gasteiger partial charge in [0.1, 0.15) is 39.6 Å². The maximum Gasteiger partial charge on any atom is 0.181 e. The maximum absolute atomic E-state index is 11.2. The first-order valence-electron chi connectivity index (χ1n) is 12.7. The standard InChI is InChI=1S/C27H20O10S5/c1-9-15-17(35-5-4-33-15)25(39-9)21-13(30)14(31)23(41-21)27-19-18(36-6-7-37-19)26(42-27)22-12(29)11(28)20(40-22)24-16-10(8-38-24)32-2-3-34-16/h8,28-31H,2-7H2,1H3. The van der Waals surface area contributed by atoms with Gasteiger partial charge in [-0.1, -0.05) is 0 Å². The first kappa shape index (κ1) is 26.2. The molecule has 218 valence electrons. The molecule has 8 rings (SSSR count). The van der Waals surface area contributed by atoms with Gasteiger partial charge in [0, 0.05) is 10.3 Å². The fourth-order valence-corrected chi connectivity index (χ4v) is 10.8. The molecule has 4 N–H and O–H groups in total. The van der Waals surface area contributed by atoms with Crippen LogP contribution in [0.1, 0.15) is 4.88 Å². The third kappa shape index (κ3) is 3.77. The van der Waals surface area contributed by atoms with Gasteiger partial charge in [0.2, 0.25) is 0 Å². The molecule has 0 radical (unpaired) electrons. The number of hydrogen-bond donors (Lipinski definition) is 4. The summed E-state index contributed by atoms with van der Waals surface area (Å²) in [6, 6.07) is 0. The molecule has 15 heteroatoms. The van der Waals surface area contributed by atoms with Crippen LogP contribution in [0.25, 0.3) is 39.0 Å². The van der Waals surface area contributed by atoms with Gasteiger partial charge in [-0.2, -0.15) is 0 Å². The van der Waals surface area contributed by atoms with Crippen LogP contribution in [0.4, 0.5) is 0 Å². The highest BCUT2D eigenvalue weighted by atomic mass is 32.1. The lowest BCUT2D eigenvalue weighted by molar-refractivity contribution is 0.173. The van der Waals surface area contributed by atoms with E-state index in [-0.39, 0.29) is 36.2 Å². The van der Waals surface area contributed by atoms with Gasteiger partial charge in [-0.15, -0.1) is 56.7 Å². The topological polar surface area (TPSA) is 136 Å². The minimum atomic E-state index is -0.296. The van der Waals surface area contributed by atoms with Gasteiger partial charge < -0.3 is 48.8 Å². The summed E-state index contributed by atoms with van der Waals surface area (Å²) in [4.78, 5) is 4.96. The number of aromatic hydroxyl groups is 4. The summed E-state index contributed by atoms with van der Waals surface area (Å²) in [5.41, 5.74) is 0. The van der Waals surface area contributed by atoms with E-state index in [9.17, 15) is 20.4 Å². The predicted octanol–water partition coefficient (Wildman–Crippen LogP) is 7.11. The second kappa shape index (κ2) is 9.77. The third-order valence-electron chi connectivity index (χ3n) is 6.81. The van der Waals surface area contributed by atoms with Crippen LogP contribution >= 0.6 is 56.7 Å². The zero-order valence-corrected chi connectivity index (χ0v) is 25.7. The molecule has 0 bridgehead atoms. The van der Waals surface area contributed by atoms with E-state index >= 15 is 0 Å². The van der Waals surface area contributed by atoms with Crippen molar-refractivity contribution in [1.29, 1.82) is 0 Å². The number of ether oxygens (including phenoxy) is 6. The van der Waals surface area contributed by atoms with Crippen molar-refractivity contribution >= 4 is 56.7 Å². The second-order valence-corrected chi connectivity index (χ2v) is 14.5. The highest BCUT2D eigenvalue weighted by molar-refractivity contribution is 7.30. The summed E-state index contributed by atoms with van der Waals surface area (Å²) in [5.74, 6) is 2.01. The number of rotatable bonds is 4. The summed E-state index contributed by atoms with van der Waals surface area (Å²) in [6.45, 7) is 4.16. The van der Waals surface area contributed by atoms with E-state index in [0.29, 0.717) is 99.9 Å². The van der Waals surface area contributed by atoms with Crippen molar-refractivity contribution in [2.75, 3.05) is 39.6 Å². The second-order valence-electron chi connectivity index (χ2n) is 9.33. The molecule has 42 heavy (non-hydrogen) atoms. The number of fused-ring (bicyclic) bond motifs is 3. The molecule has 0 spiro atoms. The highest BCUT2D eigenvalue weighted by Gasteiger charge is 2.36. The van der Waals surface area contributed by atoms with Gasteiger partial charge in [-0.25, -0.2) is 0 Å². The Kier molecular flexibility index (Phi) is 6.08. The van der Waals surface area contributed by atoms with Gasteiger partial charge in [0.05, 0.1) is 39.0 Å². The zero-order chi connectivity index (χ0) is 28.7. The molecule has 0 aliphatic carbocycles. The largest absolute Gasteiger partial charge is 0.503 e. The molecule has 0 saturated carbocycles. The van der Waals surface area contributed by atoms with Crippen molar-refractivity contribution in [1.82, 2.24) is 0 Å². The Morgan fingerprint density at radius 3 is 1.38 bits per heavy atom. The van der Waals surface area contributed by atoms with E-state index in [0.717, 1.165) is 4.88 Å². The molecule has 3 aliphatic rings. The van der Waals surface area contributed by atoms with E-state index in [4.69, 9.17) is 28.4 Å². The summed E-state index contributed by atoms with van der Waals surface area (Å²) >= 11 is 6.40. The van der Waals surface area contributed by atoms with E-state index in [1.807, 2.05) is 12.3 Å². The lowest BCUT2D eigenvalue weighted by atomic mass is 10.2. The fraction of sp³-hybridized carbons (Fsp3) is 0.259. The third-order valence-corrected chi connectivity index (χ3v) is 13.0. The number of thiophene rings is 5. The quantitative estimate of drug-likeness (QED) is 0.157. The molecule has 0 atom stereocenters. The molecule has 10 nitrogen and oxygen atoms in total. The predicted molar refractivity (Wildman–Crippen MR) is 162 cm³/mol. The Morgan fingerprint density at radius 1 is 0.452 bits per heavy atom. The average Bonchev–Trinajstić information content (AvgIpc) is 3.81. The minimum absolute atomic E-state index is 0.266. The van der Waals surface area contributed by atoms with Crippen molar-refractivity contribution < 1.29 is 48.8 Å². The Balaban J connectivity index is 1.26. The molecular formula is C27H20O10S5. The highest BCUT2D eigenvalue weighted by Crippen LogP contribution is 2.65. The van der Waals surface area contributed by atoms with Gasteiger partial charge in [0.25, 0.3) is 0 Å². The fourth-order valence-electron chi connectivity index (χ4n) is 4.96. The smallest absolute Gasteiger partial charge is 0.181 e. The molecule has 0 aromatic carbocycles. The lowest BCUT2D eigenvalue weighted by Gasteiger charge is -2.17. The van der Waals surface area contributed by atoms with Gasteiger partial charge in [0.15, 0.2) is 57.5 Å². The van der Waals surface area contributed by atoms with Crippen LogP contribution < -0.4 is 28.4 Å². The van der Waals surface area contributed by atoms with Crippen molar-refractivity contribution in [2.24, 2.45) is 0 Å². The monoisotopic (exact) mass is 664 g/mol. The van der Waals surface area contributed by atoms with Crippen LogP contribution in [0.2, 0.25) is 0 Å². The molecule has 0 saturated heterocycles. The van der Waals surface area contributed by atoms with Gasteiger partial charge >= 0.3 is 0 Å². The van der Waals surface area contributed by atoms with Crippen molar-refractivity contribution in [3.8, 4) is 96.5 Å². The lowest BCUT2D eigenvalue weighted by Crippen LogP contribution is -2.14. The van der Waals surface area contributed by atoms with E-state index in [2.05, 4.69) is 0 Å². The maximum atomic E-state index is 11.2. The van der Waals surface area contributed by atoms with Crippen LogP contribution in [0.5, 0.6) is 57.5 Å². The van der Waals surface area contributed by atoms with Crippen LogP contribution in [0.15, 0.2) is 5.38 Å². The minimum Gasteiger partial charge on any atom is -0.503 e. The molecule has 0 fully saturated rings. The van der Waals surface area contributed by atoms with Crippen LogP contribution in [0, 0.1) is 6.92 Å². The summed E-state index contributed by atoms with van der Waals surface area (Å²) in [5, 5.41) is 46.2. The number of aryl methyl sites for hydroxylation is 1. The van der Waals surface area contributed by atoms with Crippen LogP contribution in [-0.2, 0) is 0 Å². The first-order valence-corrected chi connectivity index (χ1v) is 16.9. The molecule has 0 amide bonds. The SMILES string of the molecule is Cc1sc(-c2sc(-c3sc(-c4sc(-c5scc6c5OCCO6)c(O)c4O)c4c3OCCO4)c(O)c2O)c2c1OCCO2. The Bertz CT molecular complexity index is 1870.